The smallest absolute Gasteiger partial charge is 0.162 e. The number of halogens is 1. The maximum absolute atomic E-state index is 13.1. The number of ketones is 1. The van der Waals surface area contributed by atoms with Crippen molar-refractivity contribution in [3.8, 4) is 0 Å². The number of rotatable bonds is 6. The van der Waals surface area contributed by atoms with E-state index >= 15 is 0 Å². The number of hydrogen-bond donors (Lipinski definition) is 1. The fourth-order valence-electron chi connectivity index (χ4n) is 4.30. The van der Waals surface area contributed by atoms with Gasteiger partial charge in [-0.2, -0.15) is 0 Å². The second-order valence-corrected chi connectivity index (χ2v) is 7.94. The molecule has 1 N–H and O–H groups in total. The molecule has 1 aliphatic rings. The minimum Gasteiger partial charge on any atom is -0.379 e. The SMILES string of the molecule is O=C(CCCN1CCc2ccccc2C(O)(c2ccccc2)C1)c1ccc(F)cc1. The lowest BCUT2D eigenvalue weighted by atomic mass is 9.83. The van der Waals surface area contributed by atoms with E-state index < -0.39 is 5.60 Å². The number of carbonyl (C=O) groups is 1. The van der Waals surface area contributed by atoms with Crippen LogP contribution in [0.15, 0.2) is 78.9 Å². The maximum Gasteiger partial charge on any atom is 0.162 e. The lowest BCUT2D eigenvalue weighted by Crippen LogP contribution is -2.41. The summed E-state index contributed by atoms with van der Waals surface area (Å²) in [5.41, 5.74) is 2.46. The summed E-state index contributed by atoms with van der Waals surface area (Å²) in [7, 11) is 0. The van der Waals surface area contributed by atoms with E-state index in [9.17, 15) is 14.3 Å². The van der Waals surface area contributed by atoms with Gasteiger partial charge in [0, 0.05) is 25.1 Å². The molecule has 3 nitrogen and oxygen atoms in total. The van der Waals surface area contributed by atoms with E-state index in [4.69, 9.17) is 0 Å². The lowest BCUT2D eigenvalue weighted by Gasteiger charge is -2.33. The van der Waals surface area contributed by atoms with Gasteiger partial charge in [0.05, 0.1) is 0 Å². The van der Waals surface area contributed by atoms with Crippen LogP contribution < -0.4 is 0 Å². The van der Waals surface area contributed by atoms with Crippen LogP contribution in [0.2, 0.25) is 0 Å². The van der Waals surface area contributed by atoms with Crippen molar-refractivity contribution in [2.45, 2.75) is 24.9 Å². The fraction of sp³-hybridized carbons (Fsp3) is 0.269. The van der Waals surface area contributed by atoms with Gasteiger partial charge < -0.3 is 5.11 Å². The van der Waals surface area contributed by atoms with Crippen LogP contribution in [0.5, 0.6) is 0 Å². The number of Topliss-reactive ketones (excluding diaryl/α,β-unsaturated/α-hetero) is 1. The topological polar surface area (TPSA) is 40.5 Å². The first kappa shape index (κ1) is 20.5. The number of benzene rings is 3. The number of carbonyl (C=O) groups excluding carboxylic acids is 1. The van der Waals surface area contributed by atoms with E-state index in [1.807, 2.05) is 48.5 Å². The van der Waals surface area contributed by atoms with Gasteiger partial charge >= 0.3 is 0 Å². The van der Waals surface area contributed by atoms with Crippen LogP contribution in [0.4, 0.5) is 4.39 Å². The van der Waals surface area contributed by atoms with Crippen molar-refractivity contribution in [1.82, 2.24) is 4.90 Å². The monoisotopic (exact) mass is 403 g/mol. The normalized spacial score (nSPS) is 19.1. The third kappa shape index (κ3) is 4.35. The zero-order valence-electron chi connectivity index (χ0n) is 16.9. The van der Waals surface area contributed by atoms with E-state index in [0.29, 0.717) is 24.9 Å². The molecule has 3 aromatic rings. The molecular weight excluding hydrogens is 377 g/mol. The molecule has 1 unspecified atom stereocenters. The molecule has 30 heavy (non-hydrogen) atoms. The average Bonchev–Trinajstić information content (AvgIpc) is 2.92. The first-order valence-electron chi connectivity index (χ1n) is 10.4. The number of nitrogens with zero attached hydrogens (tertiary/aromatic N) is 1. The van der Waals surface area contributed by atoms with E-state index in [0.717, 1.165) is 36.2 Å². The maximum atomic E-state index is 13.1. The summed E-state index contributed by atoms with van der Waals surface area (Å²) < 4.78 is 13.1. The van der Waals surface area contributed by atoms with Crippen molar-refractivity contribution >= 4 is 5.78 Å². The molecule has 4 heteroatoms. The van der Waals surface area contributed by atoms with Gasteiger partial charge in [-0.15, -0.1) is 0 Å². The molecule has 0 amide bonds. The molecule has 1 heterocycles. The Morgan fingerprint density at radius 2 is 1.67 bits per heavy atom. The number of aliphatic hydroxyl groups is 1. The van der Waals surface area contributed by atoms with Crippen LogP contribution in [0, 0.1) is 5.82 Å². The van der Waals surface area contributed by atoms with Crippen LogP contribution in [0.25, 0.3) is 0 Å². The van der Waals surface area contributed by atoms with Gasteiger partial charge in [0.25, 0.3) is 0 Å². The quantitative estimate of drug-likeness (QED) is 0.613. The third-order valence-corrected chi connectivity index (χ3v) is 5.91. The highest BCUT2D eigenvalue weighted by molar-refractivity contribution is 5.95. The third-order valence-electron chi connectivity index (χ3n) is 5.91. The molecule has 1 aliphatic heterocycles. The van der Waals surface area contributed by atoms with Crippen molar-refractivity contribution in [1.29, 1.82) is 0 Å². The Bertz CT molecular complexity index is 1000. The summed E-state index contributed by atoms with van der Waals surface area (Å²) in [6.45, 7) is 2.03. The van der Waals surface area contributed by atoms with Gasteiger partial charge in [-0.25, -0.2) is 4.39 Å². The Morgan fingerprint density at radius 1 is 0.967 bits per heavy atom. The zero-order valence-corrected chi connectivity index (χ0v) is 16.9. The molecule has 0 saturated heterocycles. The molecule has 154 valence electrons. The Hall–Kier alpha value is -2.82. The van der Waals surface area contributed by atoms with Crippen molar-refractivity contribution in [2.24, 2.45) is 0 Å². The van der Waals surface area contributed by atoms with Crippen molar-refractivity contribution in [2.75, 3.05) is 19.6 Å². The van der Waals surface area contributed by atoms with E-state index in [1.54, 1.807) is 0 Å². The summed E-state index contributed by atoms with van der Waals surface area (Å²) in [6.07, 6.45) is 1.95. The van der Waals surface area contributed by atoms with Crippen molar-refractivity contribution in [3.05, 3.63) is 107 Å². The van der Waals surface area contributed by atoms with Crippen LogP contribution in [-0.2, 0) is 12.0 Å². The second kappa shape index (κ2) is 8.90. The Labute approximate surface area is 176 Å². The van der Waals surface area contributed by atoms with E-state index in [2.05, 4.69) is 11.0 Å². The van der Waals surface area contributed by atoms with Crippen LogP contribution in [0.3, 0.4) is 0 Å². The van der Waals surface area contributed by atoms with Gasteiger partial charge in [-0.1, -0.05) is 54.6 Å². The predicted molar refractivity (Wildman–Crippen MR) is 116 cm³/mol. The summed E-state index contributed by atoms with van der Waals surface area (Å²) in [5.74, 6) is -0.317. The molecule has 0 radical (unpaired) electrons. The molecule has 0 aromatic heterocycles. The Balaban J connectivity index is 1.48. The fourth-order valence-corrected chi connectivity index (χ4v) is 4.30. The van der Waals surface area contributed by atoms with Crippen LogP contribution in [0.1, 0.15) is 39.9 Å². The molecular formula is C26H26FNO2. The molecule has 1 atom stereocenters. The Morgan fingerprint density at radius 3 is 2.43 bits per heavy atom. The summed E-state index contributed by atoms with van der Waals surface area (Å²) in [5, 5.41) is 11.8. The molecule has 0 spiro atoms. The van der Waals surface area contributed by atoms with Crippen molar-refractivity contribution in [3.63, 3.8) is 0 Å². The summed E-state index contributed by atoms with van der Waals surface area (Å²) in [6, 6.07) is 23.6. The van der Waals surface area contributed by atoms with Gasteiger partial charge in [-0.3, -0.25) is 9.69 Å². The predicted octanol–water partition coefficient (Wildman–Crippen LogP) is 4.58. The molecule has 0 fully saturated rings. The highest BCUT2D eigenvalue weighted by Gasteiger charge is 2.37. The molecule has 0 bridgehead atoms. The minimum atomic E-state index is -1.09. The minimum absolute atomic E-state index is 0.0198. The van der Waals surface area contributed by atoms with Gasteiger partial charge in [-0.05, 0) is 60.3 Å². The highest BCUT2D eigenvalue weighted by Crippen LogP contribution is 2.35. The first-order valence-corrected chi connectivity index (χ1v) is 10.4. The van der Waals surface area contributed by atoms with Gasteiger partial charge in [0.15, 0.2) is 5.78 Å². The van der Waals surface area contributed by atoms with Crippen LogP contribution >= 0.6 is 0 Å². The van der Waals surface area contributed by atoms with E-state index in [1.165, 1.54) is 24.3 Å². The number of fused-ring (bicyclic) bond motifs is 1. The van der Waals surface area contributed by atoms with Crippen molar-refractivity contribution < 1.29 is 14.3 Å². The lowest BCUT2D eigenvalue weighted by molar-refractivity contribution is 0.0404. The van der Waals surface area contributed by atoms with E-state index in [-0.39, 0.29) is 11.6 Å². The second-order valence-electron chi connectivity index (χ2n) is 7.94. The standard InChI is InChI=1S/C26H26FNO2/c27-23-14-12-21(13-15-23)25(29)11-6-17-28-18-16-20-7-4-5-10-24(20)26(30,19-28)22-8-2-1-3-9-22/h1-5,7-10,12-15,30H,6,11,16-19H2. The molecule has 0 saturated carbocycles. The Kier molecular flexibility index (Phi) is 6.07. The summed E-state index contributed by atoms with van der Waals surface area (Å²) >= 11 is 0. The molecule has 0 aliphatic carbocycles. The highest BCUT2D eigenvalue weighted by atomic mass is 19.1. The molecule has 4 rings (SSSR count). The number of hydrogen-bond acceptors (Lipinski definition) is 3. The largest absolute Gasteiger partial charge is 0.379 e. The zero-order chi connectivity index (χ0) is 21.0. The molecule has 3 aromatic carbocycles. The average molecular weight is 403 g/mol. The van der Waals surface area contributed by atoms with Crippen LogP contribution in [-0.4, -0.2) is 35.4 Å². The van der Waals surface area contributed by atoms with Gasteiger partial charge in [0.1, 0.15) is 11.4 Å². The first-order chi connectivity index (χ1) is 14.6. The summed E-state index contributed by atoms with van der Waals surface area (Å²) in [4.78, 5) is 14.6. The van der Waals surface area contributed by atoms with Gasteiger partial charge in [0.2, 0.25) is 0 Å². The number of β-amino-alcohol motifs (C(OH)–C–C–N with tert-alkyl or cyclic N) is 1.